The van der Waals surface area contributed by atoms with Gasteiger partial charge >= 0.3 is 5.69 Å². The molecular formula is C32H39ClFN7O. The molecule has 0 spiro atoms. The smallest absolute Gasteiger partial charge is 0.354 e. The first-order valence-electron chi connectivity index (χ1n) is 14.7. The molecule has 5 rings (SSSR count). The van der Waals surface area contributed by atoms with E-state index in [1.54, 1.807) is 12.3 Å². The average Bonchev–Trinajstić information content (AvgIpc) is 3.37. The molecule has 0 aliphatic carbocycles. The molecule has 42 heavy (non-hydrogen) atoms. The summed E-state index contributed by atoms with van der Waals surface area (Å²) in [4.78, 5) is 24.5. The topological polar surface area (TPSA) is 127 Å². The maximum Gasteiger partial charge on any atom is 0.354 e. The highest BCUT2D eigenvalue weighted by Gasteiger charge is 2.22. The highest BCUT2D eigenvalue weighted by atomic mass is 35.5. The van der Waals surface area contributed by atoms with Gasteiger partial charge in [0, 0.05) is 35.8 Å². The number of halogens is 2. The molecule has 1 aliphatic heterocycles. The maximum absolute atomic E-state index is 15.1. The van der Waals surface area contributed by atoms with Gasteiger partial charge in [0.05, 0.1) is 16.4 Å². The molecule has 0 amide bonds. The molecular weight excluding hydrogens is 553 g/mol. The van der Waals surface area contributed by atoms with Crippen molar-refractivity contribution >= 4 is 28.6 Å². The van der Waals surface area contributed by atoms with Crippen molar-refractivity contribution in [2.45, 2.75) is 70.9 Å². The number of benzene rings is 2. The number of aliphatic imine (C=N–C) groups is 1. The van der Waals surface area contributed by atoms with Gasteiger partial charge < -0.3 is 21.8 Å². The molecule has 1 aliphatic rings. The zero-order chi connectivity index (χ0) is 29.8. The Hall–Kier alpha value is -3.69. The Balaban J connectivity index is 1.35. The summed E-state index contributed by atoms with van der Waals surface area (Å²) < 4.78 is 16.6. The highest BCUT2D eigenvalue weighted by Crippen LogP contribution is 2.32. The van der Waals surface area contributed by atoms with E-state index in [9.17, 15) is 4.79 Å². The van der Waals surface area contributed by atoms with Crippen LogP contribution in [-0.4, -0.2) is 33.1 Å². The fraction of sp³-hybridized carbons (Fsp3) is 0.406. The minimum atomic E-state index is -0.489. The summed E-state index contributed by atoms with van der Waals surface area (Å²) in [6.07, 6.45) is 8.78. The fourth-order valence-corrected chi connectivity index (χ4v) is 5.99. The SMILES string of the molecule is CC(C)CCCc1cc(Cl)c(F)c(-c2cc3cn(-c4ccc([C@H]5CCC[C@@H](CCN=C(N)N)N5)cc4)c(=O)nc3[nH]2)c1. The van der Waals surface area contributed by atoms with Gasteiger partial charge in [0.2, 0.25) is 0 Å². The van der Waals surface area contributed by atoms with Crippen LogP contribution in [0.15, 0.2) is 58.4 Å². The first-order chi connectivity index (χ1) is 20.2. The third kappa shape index (κ3) is 7.02. The Labute approximate surface area is 250 Å². The lowest BCUT2D eigenvalue weighted by Gasteiger charge is -2.31. The van der Waals surface area contributed by atoms with Crippen LogP contribution in [0.5, 0.6) is 0 Å². The number of nitrogens with zero attached hydrogens (tertiary/aromatic N) is 3. The molecule has 222 valence electrons. The Bertz CT molecular complexity index is 1620. The number of aromatic amines is 1. The number of hydrogen-bond acceptors (Lipinski definition) is 4. The van der Waals surface area contributed by atoms with Crippen LogP contribution in [0.1, 0.15) is 69.5 Å². The number of fused-ring (bicyclic) bond motifs is 1. The quantitative estimate of drug-likeness (QED) is 0.133. The van der Waals surface area contributed by atoms with E-state index < -0.39 is 11.5 Å². The molecule has 3 heterocycles. The molecule has 2 aromatic heterocycles. The van der Waals surface area contributed by atoms with E-state index in [0.29, 0.717) is 46.5 Å². The summed E-state index contributed by atoms with van der Waals surface area (Å²) >= 11 is 6.27. The van der Waals surface area contributed by atoms with E-state index >= 15 is 4.39 Å². The van der Waals surface area contributed by atoms with Crippen LogP contribution in [0, 0.1) is 11.7 Å². The van der Waals surface area contributed by atoms with Gasteiger partial charge in [0.25, 0.3) is 0 Å². The zero-order valence-electron chi connectivity index (χ0n) is 24.2. The van der Waals surface area contributed by atoms with E-state index in [2.05, 4.69) is 34.1 Å². The maximum atomic E-state index is 15.1. The lowest BCUT2D eigenvalue weighted by atomic mass is 9.92. The first-order valence-corrected chi connectivity index (χ1v) is 15.1. The number of aromatic nitrogens is 3. The summed E-state index contributed by atoms with van der Waals surface area (Å²) in [5.74, 6) is 0.236. The number of hydrogen-bond donors (Lipinski definition) is 4. The van der Waals surface area contributed by atoms with Crippen molar-refractivity contribution < 1.29 is 4.39 Å². The number of aryl methyl sites for hydroxylation is 1. The molecule has 8 nitrogen and oxygen atoms in total. The third-order valence-electron chi connectivity index (χ3n) is 7.96. The van der Waals surface area contributed by atoms with Gasteiger partial charge in [-0.2, -0.15) is 4.98 Å². The van der Waals surface area contributed by atoms with Crippen LogP contribution in [0.3, 0.4) is 0 Å². The van der Waals surface area contributed by atoms with Crippen LogP contribution in [0.2, 0.25) is 5.02 Å². The number of nitrogens with one attached hydrogen (secondary N) is 2. The number of guanidine groups is 1. The van der Waals surface area contributed by atoms with Crippen molar-refractivity contribution in [1.29, 1.82) is 0 Å². The molecule has 2 atom stereocenters. The van der Waals surface area contributed by atoms with E-state index in [-0.39, 0.29) is 17.0 Å². The minimum absolute atomic E-state index is 0.0888. The van der Waals surface area contributed by atoms with Gasteiger partial charge in [-0.05, 0) is 79.5 Å². The summed E-state index contributed by atoms with van der Waals surface area (Å²) in [5.41, 5.74) is 14.7. The highest BCUT2D eigenvalue weighted by molar-refractivity contribution is 6.31. The van der Waals surface area contributed by atoms with Crippen molar-refractivity contribution in [2.75, 3.05) is 6.54 Å². The summed E-state index contributed by atoms with van der Waals surface area (Å²) in [6.45, 7) is 4.98. The number of piperidine rings is 1. The summed E-state index contributed by atoms with van der Waals surface area (Å²) in [5, 5.41) is 4.50. The van der Waals surface area contributed by atoms with Crippen molar-refractivity contribution in [3.05, 3.63) is 81.1 Å². The molecule has 6 N–H and O–H groups in total. The first kappa shape index (κ1) is 29.8. The predicted octanol–water partition coefficient (Wildman–Crippen LogP) is 6.00. The fourth-order valence-electron chi connectivity index (χ4n) is 5.75. The Morgan fingerprint density at radius 1 is 1.19 bits per heavy atom. The molecule has 1 saturated heterocycles. The van der Waals surface area contributed by atoms with Gasteiger partial charge in [-0.3, -0.25) is 9.56 Å². The van der Waals surface area contributed by atoms with E-state index in [1.165, 1.54) is 4.57 Å². The second-order valence-corrected chi connectivity index (χ2v) is 12.0. The van der Waals surface area contributed by atoms with E-state index in [4.69, 9.17) is 23.1 Å². The number of rotatable bonds is 10. The number of H-pyrrole nitrogens is 1. The normalized spacial score (nSPS) is 17.2. The Morgan fingerprint density at radius 2 is 1.98 bits per heavy atom. The van der Waals surface area contributed by atoms with Crippen molar-refractivity contribution in [1.82, 2.24) is 19.9 Å². The van der Waals surface area contributed by atoms with Gasteiger partial charge in [0.1, 0.15) is 5.65 Å². The molecule has 0 radical (unpaired) electrons. The molecule has 2 aromatic carbocycles. The molecule has 0 unspecified atom stereocenters. The van der Waals surface area contributed by atoms with Gasteiger partial charge in [0.15, 0.2) is 11.8 Å². The van der Waals surface area contributed by atoms with Crippen LogP contribution < -0.4 is 22.5 Å². The minimum Gasteiger partial charge on any atom is -0.370 e. The lowest BCUT2D eigenvalue weighted by Crippen LogP contribution is -2.37. The average molecular weight is 592 g/mol. The molecule has 1 fully saturated rings. The van der Waals surface area contributed by atoms with Crippen molar-refractivity contribution in [3.63, 3.8) is 0 Å². The monoisotopic (exact) mass is 591 g/mol. The molecule has 10 heteroatoms. The van der Waals surface area contributed by atoms with Gasteiger partial charge in [-0.25, -0.2) is 9.18 Å². The molecule has 4 aromatic rings. The Morgan fingerprint density at radius 3 is 2.71 bits per heavy atom. The summed E-state index contributed by atoms with van der Waals surface area (Å²) in [7, 11) is 0. The van der Waals surface area contributed by atoms with E-state index in [1.807, 2.05) is 36.4 Å². The van der Waals surface area contributed by atoms with Crippen LogP contribution >= 0.6 is 11.6 Å². The standard InChI is InChI=1S/C32H39ClFN7O/c1-19(2)5-3-6-20-15-25(29(34)26(33)16-20)28-17-22-18-41(32(42)40-30(22)39-28)24-11-9-21(10-12-24)27-8-4-7-23(38-27)13-14-37-31(35)36/h9-12,15-19,23,27,38H,3-8,13-14H2,1-2H3,(H4,35,36,37)(H,39,40,42)/t23-,27+/m0/s1. The van der Waals surface area contributed by atoms with Gasteiger partial charge in [-0.1, -0.05) is 50.4 Å². The molecule has 0 bridgehead atoms. The largest absolute Gasteiger partial charge is 0.370 e. The summed E-state index contributed by atoms with van der Waals surface area (Å²) in [6, 6.07) is 13.9. The van der Waals surface area contributed by atoms with Crippen LogP contribution in [0.4, 0.5) is 4.39 Å². The zero-order valence-corrected chi connectivity index (χ0v) is 24.9. The Kier molecular flexibility index (Phi) is 9.28. The second kappa shape index (κ2) is 13.1. The second-order valence-electron chi connectivity index (χ2n) is 11.6. The van der Waals surface area contributed by atoms with Crippen molar-refractivity contribution in [2.24, 2.45) is 22.4 Å². The van der Waals surface area contributed by atoms with Gasteiger partial charge in [-0.15, -0.1) is 0 Å². The number of nitrogens with two attached hydrogens (primary N) is 2. The lowest BCUT2D eigenvalue weighted by molar-refractivity contribution is 0.315. The molecule has 0 saturated carbocycles. The van der Waals surface area contributed by atoms with Crippen LogP contribution in [-0.2, 0) is 6.42 Å². The van der Waals surface area contributed by atoms with Crippen LogP contribution in [0.25, 0.3) is 28.0 Å². The third-order valence-corrected chi connectivity index (χ3v) is 8.24. The van der Waals surface area contributed by atoms with E-state index in [0.717, 1.165) is 56.1 Å². The van der Waals surface area contributed by atoms with Crippen molar-refractivity contribution in [3.8, 4) is 16.9 Å². The predicted molar refractivity (Wildman–Crippen MR) is 169 cm³/mol.